The highest BCUT2D eigenvalue weighted by molar-refractivity contribution is 7.16. The number of carbonyl (C=O) groups is 2. The molecule has 1 aromatic heterocycles. The third kappa shape index (κ3) is 3.96. The van der Waals surface area contributed by atoms with Crippen LogP contribution in [0.2, 0.25) is 4.34 Å². The quantitative estimate of drug-likeness (QED) is 0.799. The van der Waals surface area contributed by atoms with Crippen molar-refractivity contribution >= 4 is 40.4 Å². The second-order valence-electron chi connectivity index (χ2n) is 5.92. The molecule has 1 aliphatic rings. The second kappa shape index (κ2) is 7.45. The van der Waals surface area contributed by atoms with Crippen LogP contribution in [0.5, 0.6) is 5.75 Å². The lowest BCUT2D eigenvalue weighted by atomic mass is 10.1. The van der Waals surface area contributed by atoms with Gasteiger partial charge >= 0.3 is 0 Å². The minimum atomic E-state index is -0.545. The molecule has 25 heavy (non-hydrogen) atoms. The smallest absolute Gasteiger partial charge is 0.267 e. The fourth-order valence-electron chi connectivity index (χ4n) is 2.75. The number of amides is 2. The van der Waals surface area contributed by atoms with Gasteiger partial charge in [0.1, 0.15) is 5.75 Å². The first kappa shape index (κ1) is 17.8. The zero-order valence-corrected chi connectivity index (χ0v) is 15.6. The Hall–Kier alpha value is -2.05. The Morgan fingerprint density at radius 1 is 1.32 bits per heavy atom. The largest absolute Gasteiger partial charge is 0.479 e. The molecule has 132 valence electrons. The summed E-state index contributed by atoms with van der Waals surface area (Å²) in [4.78, 5) is 29.2. The highest BCUT2D eigenvalue weighted by Gasteiger charge is 2.31. The van der Waals surface area contributed by atoms with Crippen LogP contribution in [0.25, 0.3) is 0 Å². The van der Waals surface area contributed by atoms with Crippen molar-refractivity contribution < 1.29 is 14.3 Å². The van der Waals surface area contributed by atoms with Crippen LogP contribution in [0, 0.1) is 0 Å². The molecule has 3 rings (SSSR count). The zero-order chi connectivity index (χ0) is 18.0. The maximum atomic E-state index is 12.4. The van der Waals surface area contributed by atoms with Crippen molar-refractivity contribution in [2.24, 2.45) is 0 Å². The van der Waals surface area contributed by atoms with Crippen molar-refractivity contribution in [3.63, 3.8) is 0 Å². The van der Waals surface area contributed by atoms with Crippen molar-refractivity contribution in [1.29, 1.82) is 0 Å². The molecule has 0 saturated carbocycles. The van der Waals surface area contributed by atoms with Crippen molar-refractivity contribution in [1.82, 2.24) is 4.90 Å². The topological polar surface area (TPSA) is 49.9 Å². The summed E-state index contributed by atoms with van der Waals surface area (Å²) >= 11 is 7.38. The number of hydrogen-bond acceptors (Lipinski definition) is 4. The van der Waals surface area contributed by atoms with Crippen LogP contribution >= 0.6 is 22.9 Å². The van der Waals surface area contributed by atoms with Crippen molar-refractivity contribution in [2.45, 2.75) is 26.0 Å². The predicted molar refractivity (Wildman–Crippen MR) is 99.3 cm³/mol. The third-order valence-electron chi connectivity index (χ3n) is 4.07. The Morgan fingerprint density at radius 3 is 2.80 bits per heavy atom. The van der Waals surface area contributed by atoms with Crippen molar-refractivity contribution in [3.8, 4) is 5.75 Å². The van der Waals surface area contributed by atoms with Gasteiger partial charge in [0, 0.05) is 24.9 Å². The predicted octanol–water partition coefficient (Wildman–Crippen LogP) is 3.56. The van der Waals surface area contributed by atoms with E-state index in [-0.39, 0.29) is 18.2 Å². The second-order valence-corrected chi connectivity index (χ2v) is 7.72. The van der Waals surface area contributed by atoms with Crippen LogP contribution in [0.3, 0.4) is 0 Å². The van der Waals surface area contributed by atoms with Gasteiger partial charge in [-0.2, -0.15) is 0 Å². The number of nitrogens with zero attached hydrogens (tertiary/aromatic N) is 2. The van der Waals surface area contributed by atoms with E-state index in [4.69, 9.17) is 16.3 Å². The van der Waals surface area contributed by atoms with E-state index in [1.165, 1.54) is 11.3 Å². The van der Waals surface area contributed by atoms with Gasteiger partial charge in [-0.3, -0.25) is 9.59 Å². The molecular formula is C18H19ClN2O3S. The van der Waals surface area contributed by atoms with Crippen LogP contribution in [-0.4, -0.2) is 36.4 Å². The van der Waals surface area contributed by atoms with Gasteiger partial charge in [-0.15, -0.1) is 11.3 Å². The Morgan fingerprint density at radius 2 is 2.08 bits per heavy atom. The summed E-state index contributed by atoms with van der Waals surface area (Å²) in [7, 11) is 1.76. The molecule has 0 fully saturated rings. The number of hydrogen-bond donors (Lipinski definition) is 0. The molecule has 0 radical (unpaired) electrons. The number of carbonyl (C=O) groups excluding carboxylic acids is 2. The zero-order valence-electron chi connectivity index (χ0n) is 14.1. The molecule has 1 atom stereocenters. The maximum absolute atomic E-state index is 12.4. The molecule has 0 saturated heterocycles. The summed E-state index contributed by atoms with van der Waals surface area (Å²) in [6, 6.07) is 11.1. The van der Waals surface area contributed by atoms with Crippen molar-refractivity contribution in [2.75, 3.05) is 18.5 Å². The molecule has 1 aliphatic heterocycles. The van der Waals surface area contributed by atoms with E-state index in [1.807, 2.05) is 36.4 Å². The van der Waals surface area contributed by atoms with E-state index < -0.39 is 6.10 Å². The molecule has 0 N–H and O–H groups in total. The number of anilines is 1. The fourth-order valence-corrected chi connectivity index (χ4v) is 3.89. The summed E-state index contributed by atoms with van der Waals surface area (Å²) in [6.45, 7) is 2.57. The maximum Gasteiger partial charge on any atom is 0.267 e. The Balaban J connectivity index is 1.64. The SMILES string of the molecule is CC1Oc2ccccc2N(CCC(=O)N(C)Cc2ccc(Cl)s2)C1=O. The van der Waals surface area contributed by atoms with Crippen LogP contribution in [0.1, 0.15) is 18.2 Å². The summed E-state index contributed by atoms with van der Waals surface area (Å²) in [5.41, 5.74) is 0.714. The number of fused-ring (bicyclic) bond motifs is 1. The van der Waals surface area contributed by atoms with Crippen LogP contribution in [0.4, 0.5) is 5.69 Å². The Labute approximate surface area is 155 Å². The van der Waals surface area contributed by atoms with E-state index in [9.17, 15) is 9.59 Å². The average Bonchev–Trinajstić information content (AvgIpc) is 3.00. The molecule has 1 unspecified atom stereocenters. The van der Waals surface area contributed by atoms with E-state index in [0.717, 1.165) is 4.88 Å². The fraction of sp³-hybridized carbons (Fsp3) is 0.333. The monoisotopic (exact) mass is 378 g/mol. The normalized spacial score (nSPS) is 16.4. The molecule has 2 aromatic rings. The van der Waals surface area contributed by atoms with Gasteiger partial charge in [0.25, 0.3) is 5.91 Å². The first-order chi connectivity index (χ1) is 12.0. The van der Waals surface area contributed by atoms with Crippen LogP contribution in [-0.2, 0) is 16.1 Å². The molecule has 5 nitrogen and oxygen atoms in total. The molecule has 2 amide bonds. The van der Waals surface area contributed by atoms with E-state index in [2.05, 4.69) is 0 Å². The molecule has 0 spiro atoms. The number of benzene rings is 1. The van der Waals surface area contributed by atoms with E-state index >= 15 is 0 Å². The van der Waals surface area contributed by atoms with Gasteiger partial charge in [0.2, 0.25) is 5.91 Å². The number of ether oxygens (including phenoxy) is 1. The van der Waals surface area contributed by atoms with Gasteiger partial charge in [0.05, 0.1) is 16.6 Å². The van der Waals surface area contributed by atoms with Crippen LogP contribution in [0.15, 0.2) is 36.4 Å². The summed E-state index contributed by atoms with van der Waals surface area (Å²) in [6.07, 6.45) is -0.293. The Kier molecular flexibility index (Phi) is 5.30. The first-order valence-electron chi connectivity index (χ1n) is 8.01. The summed E-state index contributed by atoms with van der Waals surface area (Å²) in [5.74, 6) is 0.525. The standard InChI is InChI=1S/C18H19ClN2O3S/c1-12-18(23)21(14-5-3-4-6-15(14)24-12)10-9-17(22)20(2)11-13-7-8-16(19)25-13/h3-8,12H,9-11H2,1-2H3. The van der Waals surface area contributed by atoms with Gasteiger partial charge in [0.15, 0.2) is 6.10 Å². The highest BCUT2D eigenvalue weighted by atomic mass is 35.5. The molecule has 1 aromatic carbocycles. The Bertz CT molecular complexity index is 792. The van der Waals surface area contributed by atoms with Gasteiger partial charge in [-0.1, -0.05) is 23.7 Å². The first-order valence-corrected chi connectivity index (χ1v) is 9.20. The minimum Gasteiger partial charge on any atom is -0.479 e. The molecule has 0 aliphatic carbocycles. The van der Waals surface area contributed by atoms with Crippen molar-refractivity contribution in [3.05, 3.63) is 45.6 Å². The highest BCUT2D eigenvalue weighted by Crippen LogP contribution is 2.33. The molecule has 2 heterocycles. The molecule has 7 heteroatoms. The number of thiophene rings is 1. The number of halogens is 1. The minimum absolute atomic E-state index is 0.0195. The lowest BCUT2D eigenvalue weighted by molar-refractivity contribution is -0.130. The van der Waals surface area contributed by atoms with E-state index in [1.54, 1.807) is 23.8 Å². The third-order valence-corrected chi connectivity index (χ3v) is 5.29. The van der Waals surface area contributed by atoms with E-state index in [0.29, 0.717) is 28.9 Å². The molecular weight excluding hydrogens is 360 g/mol. The van der Waals surface area contributed by atoms with Gasteiger partial charge in [-0.05, 0) is 31.2 Å². The number of rotatable bonds is 5. The lowest BCUT2D eigenvalue weighted by Gasteiger charge is -2.33. The summed E-state index contributed by atoms with van der Waals surface area (Å²) < 4.78 is 6.32. The number of para-hydroxylation sites is 2. The lowest BCUT2D eigenvalue weighted by Crippen LogP contribution is -2.45. The van der Waals surface area contributed by atoms with Gasteiger partial charge in [-0.25, -0.2) is 0 Å². The van der Waals surface area contributed by atoms with Gasteiger partial charge < -0.3 is 14.5 Å². The van der Waals surface area contributed by atoms with Crippen LogP contribution < -0.4 is 9.64 Å². The molecule has 0 bridgehead atoms. The average molecular weight is 379 g/mol. The summed E-state index contributed by atoms with van der Waals surface area (Å²) in [5, 5.41) is 0.